The molecule has 0 saturated carbocycles. The molecule has 0 spiro atoms. The van der Waals surface area contributed by atoms with Gasteiger partial charge in [0.1, 0.15) is 5.82 Å². The first-order valence-corrected chi connectivity index (χ1v) is 4.83. The lowest BCUT2D eigenvalue weighted by molar-refractivity contribution is 0.250. The van der Waals surface area contributed by atoms with Crippen LogP contribution < -0.4 is 10.6 Å². The van der Waals surface area contributed by atoms with Crippen LogP contribution in [-0.2, 0) is 0 Å². The maximum absolute atomic E-state index is 13.1. The average molecular weight is 210 g/mol. The molecule has 2 N–H and O–H groups in total. The van der Waals surface area contributed by atoms with Crippen molar-refractivity contribution < 1.29 is 9.18 Å². The zero-order valence-electron chi connectivity index (χ0n) is 9.10. The van der Waals surface area contributed by atoms with Crippen molar-refractivity contribution in [1.29, 1.82) is 0 Å². The maximum atomic E-state index is 13.1. The predicted molar refractivity (Wildman–Crippen MR) is 58.4 cm³/mol. The first kappa shape index (κ1) is 11.5. The van der Waals surface area contributed by atoms with Gasteiger partial charge in [0.05, 0.1) is 0 Å². The molecular weight excluding hydrogens is 195 g/mol. The van der Waals surface area contributed by atoms with Crippen molar-refractivity contribution in [3.8, 4) is 0 Å². The highest BCUT2D eigenvalue weighted by Crippen LogP contribution is 2.16. The van der Waals surface area contributed by atoms with Crippen LogP contribution >= 0.6 is 0 Å². The van der Waals surface area contributed by atoms with Crippen LogP contribution in [0.15, 0.2) is 18.2 Å². The molecule has 1 aromatic rings. The molecule has 0 aliphatic carbocycles. The lowest BCUT2D eigenvalue weighted by Gasteiger charge is -2.11. The van der Waals surface area contributed by atoms with E-state index in [-0.39, 0.29) is 17.9 Å². The molecule has 0 aromatic heterocycles. The standard InChI is InChI=1S/C11H15FN2O/c1-7(2)13-11(15)14-10-6-4-5-9(12)8(10)3/h4-7H,1-3H3,(H2,13,14,15). The second kappa shape index (κ2) is 4.77. The number of anilines is 1. The summed E-state index contributed by atoms with van der Waals surface area (Å²) >= 11 is 0. The summed E-state index contributed by atoms with van der Waals surface area (Å²) in [5.74, 6) is -0.322. The van der Waals surface area contributed by atoms with Crippen LogP contribution in [-0.4, -0.2) is 12.1 Å². The number of rotatable bonds is 2. The Bertz CT molecular complexity index is 364. The highest BCUT2D eigenvalue weighted by molar-refractivity contribution is 5.90. The normalized spacial score (nSPS) is 10.2. The van der Waals surface area contributed by atoms with E-state index >= 15 is 0 Å². The molecule has 0 bridgehead atoms. The van der Waals surface area contributed by atoms with Crippen molar-refractivity contribution in [2.75, 3.05) is 5.32 Å². The van der Waals surface area contributed by atoms with E-state index in [4.69, 9.17) is 0 Å². The number of nitrogens with one attached hydrogen (secondary N) is 2. The third kappa shape index (κ3) is 3.23. The van der Waals surface area contributed by atoms with Gasteiger partial charge in [-0.05, 0) is 32.9 Å². The lowest BCUT2D eigenvalue weighted by Crippen LogP contribution is -2.34. The molecule has 0 atom stereocenters. The summed E-state index contributed by atoms with van der Waals surface area (Å²) < 4.78 is 13.1. The molecule has 0 aliphatic rings. The smallest absolute Gasteiger partial charge is 0.319 e. The molecular formula is C11H15FN2O. The Morgan fingerprint density at radius 2 is 2.07 bits per heavy atom. The number of carbonyl (C=O) groups is 1. The number of benzene rings is 1. The topological polar surface area (TPSA) is 41.1 Å². The zero-order valence-corrected chi connectivity index (χ0v) is 9.10. The lowest BCUT2D eigenvalue weighted by atomic mass is 10.2. The maximum Gasteiger partial charge on any atom is 0.319 e. The number of carbonyl (C=O) groups excluding carboxylic acids is 1. The second-order valence-electron chi connectivity index (χ2n) is 3.67. The number of halogens is 1. The molecule has 0 aliphatic heterocycles. The first-order chi connectivity index (χ1) is 7.00. The van der Waals surface area contributed by atoms with Gasteiger partial charge in [0.2, 0.25) is 0 Å². The highest BCUT2D eigenvalue weighted by Gasteiger charge is 2.07. The molecule has 0 heterocycles. The van der Waals surface area contributed by atoms with Gasteiger partial charge in [0, 0.05) is 17.3 Å². The fraction of sp³-hybridized carbons (Fsp3) is 0.364. The molecule has 1 rings (SSSR count). The Kier molecular flexibility index (Phi) is 3.66. The zero-order chi connectivity index (χ0) is 11.4. The first-order valence-electron chi connectivity index (χ1n) is 4.83. The number of urea groups is 1. The number of hydrogen-bond donors (Lipinski definition) is 2. The molecule has 2 amide bonds. The molecule has 4 heteroatoms. The van der Waals surface area contributed by atoms with Crippen LogP contribution in [0, 0.1) is 12.7 Å². The third-order valence-corrected chi connectivity index (χ3v) is 1.94. The fourth-order valence-corrected chi connectivity index (χ4v) is 1.16. The number of amides is 2. The van der Waals surface area contributed by atoms with Crippen LogP contribution in [0.3, 0.4) is 0 Å². The van der Waals surface area contributed by atoms with Gasteiger partial charge in [0.15, 0.2) is 0 Å². The van der Waals surface area contributed by atoms with Crippen LogP contribution in [0.5, 0.6) is 0 Å². The Morgan fingerprint density at radius 1 is 1.40 bits per heavy atom. The summed E-state index contributed by atoms with van der Waals surface area (Å²) in [7, 11) is 0. The molecule has 1 aromatic carbocycles. The molecule has 0 saturated heterocycles. The second-order valence-corrected chi connectivity index (χ2v) is 3.67. The summed E-state index contributed by atoms with van der Waals surface area (Å²) in [4.78, 5) is 11.3. The van der Waals surface area contributed by atoms with E-state index in [0.29, 0.717) is 11.3 Å². The van der Waals surface area contributed by atoms with Gasteiger partial charge in [-0.15, -0.1) is 0 Å². The molecule has 0 radical (unpaired) electrons. The van der Waals surface area contributed by atoms with Gasteiger partial charge in [-0.25, -0.2) is 9.18 Å². The molecule has 0 fully saturated rings. The van der Waals surface area contributed by atoms with E-state index in [1.807, 2.05) is 13.8 Å². The van der Waals surface area contributed by atoms with E-state index in [1.54, 1.807) is 19.1 Å². The Labute approximate surface area is 88.7 Å². The minimum Gasteiger partial charge on any atom is -0.336 e. The molecule has 15 heavy (non-hydrogen) atoms. The van der Waals surface area contributed by atoms with Gasteiger partial charge in [0.25, 0.3) is 0 Å². The van der Waals surface area contributed by atoms with Crippen LogP contribution in [0.2, 0.25) is 0 Å². The highest BCUT2D eigenvalue weighted by atomic mass is 19.1. The Balaban J connectivity index is 2.73. The summed E-state index contributed by atoms with van der Waals surface area (Å²) in [6, 6.07) is 4.32. The minimum atomic E-state index is -0.322. The monoisotopic (exact) mass is 210 g/mol. The molecule has 82 valence electrons. The predicted octanol–water partition coefficient (Wildman–Crippen LogP) is 2.66. The van der Waals surface area contributed by atoms with Crippen LogP contribution in [0.25, 0.3) is 0 Å². The van der Waals surface area contributed by atoms with Crippen molar-refractivity contribution in [3.05, 3.63) is 29.6 Å². The van der Waals surface area contributed by atoms with Gasteiger partial charge >= 0.3 is 6.03 Å². The largest absolute Gasteiger partial charge is 0.336 e. The van der Waals surface area contributed by atoms with E-state index in [1.165, 1.54) is 6.07 Å². The van der Waals surface area contributed by atoms with Crippen molar-refractivity contribution in [2.24, 2.45) is 0 Å². The third-order valence-electron chi connectivity index (χ3n) is 1.94. The summed E-state index contributed by atoms with van der Waals surface area (Å²) in [6.45, 7) is 5.34. The Morgan fingerprint density at radius 3 is 2.67 bits per heavy atom. The van der Waals surface area contributed by atoms with E-state index < -0.39 is 0 Å². The fourth-order valence-electron chi connectivity index (χ4n) is 1.16. The van der Waals surface area contributed by atoms with Crippen molar-refractivity contribution >= 4 is 11.7 Å². The van der Waals surface area contributed by atoms with Crippen molar-refractivity contribution in [3.63, 3.8) is 0 Å². The SMILES string of the molecule is Cc1c(F)cccc1NC(=O)NC(C)C. The summed E-state index contributed by atoms with van der Waals surface area (Å²) in [5.41, 5.74) is 0.935. The van der Waals surface area contributed by atoms with Gasteiger partial charge in [-0.3, -0.25) is 0 Å². The van der Waals surface area contributed by atoms with Crippen LogP contribution in [0.1, 0.15) is 19.4 Å². The quantitative estimate of drug-likeness (QED) is 0.774. The van der Waals surface area contributed by atoms with Crippen LogP contribution in [0.4, 0.5) is 14.9 Å². The van der Waals surface area contributed by atoms with E-state index in [9.17, 15) is 9.18 Å². The Hall–Kier alpha value is -1.58. The molecule has 0 unspecified atom stereocenters. The van der Waals surface area contributed by atoms with Crippen molar-refractivity contribution in [2.45, 2.75) is 26.8 Å². The van der Waals surface area contributed by atoms with Gasteiger partial charge < -0.3 is 10.6 Å². The minimum absolute atomic E-state index is 0.0545. The van der Waals surface area contributed by atoms with E-state index in [2.05, 4.69) is 10.6 Å². The summed E-state index contributed by atoms with van der Waals surface area (Å²) in [5, 5.41) is 5.26. The average Bonchev–Trinajstić information content (AvgIpc) is 2.11. The molecule has 3 nitrogen and oxygen atoms in total. The van der Waals surface area contributed by atoms with Gasteiger partial charge in [-0.2, -0.15) is 0 Å². The van der Waals surface area contributed by atoms with Crippen molar-refractivity contribution in [1.82, 2.24) is 5.32 Å². The summed E-state index contributed by atoms with van der Waals surface area (Å²) in [6.07, 6.45) is 0. The number of hydrogen-bond acceptors (Lipinski definition) is 1. The van der Waals surface area contributed by atoms with E-state index in [0.717, 1.165) is 0 Å². The van der Waals surface area contributed by atoms with Gasteiger partial charge in [-0.1, -0.05) is 6.07 Å².